The summed E-state index contributed by atoms with van der Waals surface area (Å²) in [7, 11) is 0. The van der Waals surface area contributed by atoms with Gasteiger partial charge in [-0.25, -0.2) is 4.79 Å². The van der Waals surface area contributed by atoms with Gasteiger partial charge in [-0.2, -0.15) is 0 Å². The molecule has 1 aliphatic heterocycles. The van der Waals surface area contributed by atoms with Crippen LogP contribution in [0.4, 0.5) is 0 Å². The van der Waals surface area contributed by atoms with E-state index in [1.807, 2.05) is 6.07 Å². The number of fused-ring (bicyclic) bond motifs is 3. The first-order valence-electron chi connectivity index (χ1n) is 14.1. The fourth-order valence-electron chi connectivity index (χ4n) is 6.53. The summed E-state index contributed by atoms with van der Waals surface area (Å²) in [6.45, 7) is 15.1. The molecule has 0 saturated carbocycles. The first-order chi connectivity index (χ1) is 17.0. The molecule has 0 spiro atoms. The first-order valence-corrected chi connectivity index (χ1v) is 14.1. The number of hydrogen-bond acceptors (Lipinski definition) is 4. The molecule has 2 aliphatic carbocycles. The molecule has 1 heterocycles. The van der Waals surface area contributed by atoms with Crippen molar-refractivity contribution in [3.05, 3.63) is 46.1 Å². The number of esters is 1. The van der Waals surface area contributed by atoms with E-state index in [0.717, 1.165) is 74.7 Å². The van der Waals surface area contributed by atoms with Gasteiger partial charge in [0, 0.05) is 23.8 Å². The van der Waals surface area contributed by atoms with Gasteiger partial charge in [-0.3, -0.25) is 0 Å². The zero-order valence-electron chi connectivity index (χ0n) is 23.5. The second-order valence-corrected chi connectivity index (χ2v) is 12.4. The summed E-state index contributed by atoms with van der Waals surface area (Å²) in [6.07, 6.45) is 12.9. The minimum absolute atomic E-state index is 0.0352. The average molecular weight is 495 g/mol. The second-order valence-electron chi connectivity index (χ2n) is 12.4. The van der Waals surface area contributed by atoms with Crippen molar-refractivity contribution in [1.82, 2.24) is 0 Å². The van der Waals surface area contributed by atoms with E-state index in [4.69, 9.17) is 9.47 Å². The third-order valence-corrected chi connectivity index (χ3v) is 9.07. The van der Waals surface area contributed by atoms with Crippen molar-refractivity contribution >= 4 is 5.97 Å². The summed E-state index contributed by atoms with van der Waals surface area (Å²) in [5.74, 6) is 0.883. The molecule has 36 heavy (non-hydrogen) atoms. The molecule has 4 heteroatoms. The Labute approximate surface area is 218 Å². The number of allylic oxidation sites excluding steroid dienone is 3. The van der Waals surface area contributed by atoms with Gasteiger partial charge in [-0.05, 0) is 83.8 Å². The maximum absolute atomic E-state index is 14.0. The summed E-state index contributed by atoms with van der Waals surface area (Å²) in [5, 5.41) is 11.8. The molecule has 0 amide bonds. The molecular formula is C32H46O4. The third kappa shape index (κ3) is 4.97. The molecule has 0 unspecified atom stereocenters. The molecule has 0 bridgehead atoms. The van der Waals surface area contributed by atoms with Crippen LogP contribution in [0.5, 0.6) is 11.5 Å². The number of aromatic hydroxyl groups is 1. The van der Waals surface area contributed by atoms with E-state index < -0.39 is 5.60 Å². The predicted octanol–water partition coefficient (Wildman–Crippen LogP) is 8.42. The Hall–Kier alpha value is -2.23. The molecule has 0 aromatic heterocycles. The van der Waals surface area contributed by atoms with Gasteiger partial charge in [0.15, 0.2) is 0 Å². The molecule has 4 rings (SSSR count). The number of unbranched alkanes of at least 4 members (excludes halogenated alkanes) is 2. The molecule has 1 aromatic carbocycles. The Morgan fingerprint density at radius 3 is 2.58 bits per heavy atom. The van der Waals surface area contributed by atoms with Crippen LogP contribution in [0.25, 0.3) is 0 Å². The molecule has 0 radical (unpaired) electrons. The summed E-state index contributed by atoms with van der Waals surface area (Å²) in [5.41, 5.74) is 3.78. The monoisotopic (exact) mass is 494 g/mol. The summed E-state index contributed by atoms with van der Waals surface area (Å²) in [6, 6.07) is 2.03. The summed E-state index contributed by atoms with van der Waals surface area (Å²) in [4.78, 5) is 14.0. The smallest absolute Gasteiger partial charge is 0.342 e. The van der Waals surface area contributed by atoms with Crippen molar-refractivity contribution in [3.63, 3.8) is 0 Å². The maximum Gasteiger partial charge on any atom is 0.342 e. The number of carbonyl (C=O) groups excluding carboxylic acids is 1. The van der Waals surface area contributed by atoms with Crippen LogP contribution in [-0.2, 0) is 11.2 Å². The molecule has 1 aromatic rings. The molecule has 198 valence electrons. The normalized spacial score (nSPS) is 26.9. The molecule has 3 aliphatic rings. The van der Waals surface area contributed by atoms with Crippen LogP contribution in [0, 0.1) is 11.8 Å². The summed E-state index contributed by atoms with van der Waals surface area (Å²) < 4.78 is 12.9. The second kappa shape index (κ2) is 10.3. The Balaban J connectivity index is 1.81. The number of benzene rings is 1. The number of aryl methyl sites for hydroxylation is 1. The van der Waals surface area contributed by atoms with E-state index in [-0.39, 0.29) is 35.1 Å². The SMILES string of the molecule is CCCCCc1cc2c(c(O)c1C(=O)O[C@@]1(C(C)C)CC=C(C)CC1)[C@@H]1C=C(C)CC[C@H]1C(C)(C)O2. The highest BCUT2D eigenvalue weighted by Crippen LogP contribution is 2.55. The van der Waals surface area contributed by atoms with Crippen LogP contribution in [-0.4, -0.2) is 22.3 Å². The molecule has 0 fully saturated rings. The third-order valence-electron chi connectivity index (χ3n) is 9.07. The fourth-order valence-corrected chi connectivity index (χ4v) is 6.53. The van der Waals surface area contributed by atoms with Crippen molar-refractivity contribution in [3.8, 4) is 11.5 Å². The standard InChI is InChI=1S/C32H46O4/c1-8-9-10-11-23-19-26-28(24-18-22(5)12-13-25(24)31(6,7)35-26)29(33)27(23)30(34)36-32(20(2)3)16-14-21(4)15-17-32/h14,18-20,24-25,33H,8-13,15-17H2,1-7H3/t24-,25-,32+/m1/s1. The number of carbonyl (C=O) groups is 1. The van der Waals surface area contributed by atoms with Crippen LogP contribution in [0.2, 0.25) is 0 Å². The van der Waals surface area contributed by atoms with Crippen molar-refractivity contribution < 1.29 is 19.4 Å². The zero-order valence-corrected chi connectivity index (χ0v) is 23.5. The Morgan fingerprint density at radius 1 is 1.19 bits per heavy atom. The largest absolute Gasteiger partial charge is 0.507 e. The number of phenolic OH excluding ortho intramolecular Hbond substituents is 1. The van der Waals surface area contributed by atoms with Gasteiger partial charge in [0.05, 0.1) is 0 Å². The van der Waals surface area contributed by atoms with Gasteiger partial charge in [-0.15, -0.1) is 0 Å². The average Bonchev–Trinajstić information content (AvgIpc) is 2.80. The van der Waals surface area contributed by atoms with E-state index >= 15 is 0 Å². The van der Waals surface area contributed by atoms with Crippen LogP contribution >= 0.6 is 0 Å². The van der Waals surface area contributed by atoms with Crippen molar-refractivity contribution in [2.75, 3.05) is 0 Å². The van der Waals surface area contributed by atoms with Crippen molar-refractivity contribution in [2.24, 2.45) is 11.8 Å². The minimum atomic E-state index is -0.540. The van der Waals surface area contributed by atoms with Gasteiger partial charge < -0.3 is 14.6 Å². The molecule has 4 nitrogen and oxygen atoms in total. The van der Waals surface area contributed by atoms with E-state index in [9.17, 15) is 9.90 Å². The Bertz CT molecular complexity index is 1060. The molecule has 1 N–H and O–H groups in total. The summed E-state index contributed by atoms with van der Waals surface area (Å²) >= 11 is 0. The van der Waals surface area contributed by atoms with Gasteiger partial charge >= 0.3 is 5.97 Å². The fraction of sp³-hybridized carbons (Fsp3) is 0.656. The highest BCUT2D eigenvalue weighted by Gasteiger charge is 2.47. The van der Waals surface area contributed by atoms with Crippen molar-refractivity contribution in [1.29, 1.82) is 0 Å². The van der Waals surface area contributed by atoms with Gasteiger partial charge in [0.2, 0.25) is 0 Å². The molecular weight excluding hydrogens is 448 g/mol. The quantitative estimate of drug-likeness (QED) is 0.235. The van der Waals surface area contributed by atoms with Crippen molar-refractivity contribution in [2.45, 2.75) is 123 Å². The van der Waals surface area contributed by atoms with Gasteiger partial charge in [0.1, 0.15) is 28.3 Å². The highest BCUT2D eigenvalue weighted by atomic mass is 16.6. The van der Waals surface area contributed by atoms with E-state index in [1.165, 1.54) is 11.1 Å². The Morgan fingerprint density at radius 2 is 1.94 bits per heavy atom. The zero-order chi connectivity index (χ0) is 26.3. The maximum atomic E-state index is 14.0. The van der Waals surface area contributed by atoms with Crippen LogP contribution in [0.15, 0.2) is 29.4 Å². The molecule has 0 saturated heterocycles. The van der Waals surface area contributed by atoms with Crippen LogP contribution in [0.1, 0.15) is 127 Å². The van der Waals surface area contributed by atoms with Crippen LogP contribution in [0.3, 0.4) is 0 Å². The molecule has 3 atom stereocenters. The van der Waals surface area contributed by atoms with E-state index in [1.54, 1.807) is 0 Å². The topological polar surface area (TPSA) is 55.8 Å². The first kappa shape index (κ1) is 26.8. The lowest BCUT2D eigenvalue weighted by molar-refractivity contribution is -0.0499. The number of hydrogen-bond donors (Lipinski definition) is 1. The lowest BCUT2D eigenvalue weighted by Crippen LogP contribution is -2.45. The predicted molar refractivity (Wildman–Crippen MR) is 146 cm³/mol. The van der Waals surface area contributed by atoms with E-state index in [0.29, 0.717) is 5.56 Å². The minimum Gasteiger partial charge on any atom is -0.507 e. The Kier molecular flexibility index (Phi) is 7.65. The van der Waals surface area contributed by atoms with Crippen LogP contribution < -0.4 is 4.74 Å². The number of rotatable bonds is 7. The number of phenols is 1. The highest BCUT2D eigenvalue weighted by molar-refractivity contribution is 5.96. The lowest BCUT2D eigenvalue weighted by atomic mass is 9.67. The number of ether oxygens (including phenoxy) is 2. The lowest BCUT2D eigenvalue weighted by Gasteiger charge is -2.46. The van der Waals surface area contributed by atoms with Gasteiger partial charge in [-0.1, -0.05) is 56.9 Å². The van der Waals surface area contributed by atoms with E-state index in [2.05, 4.69) is 60.6 Å². The van der Waals surface area contributed by atoms with Gasteiger partial charge in [0.25, 0.3) is 0 Å².